The number of hydrogen-bond acceptors (Lipinski definition) is 6. The molecule has 6 nitrogen and oxygen atoms in total. The van der Waals surface area contributed by atoms with E-state index in [0.29, 0.717) is 6.42 Å². The second-order valence-electron chi connectivity index (χ2n) is 7.39. The molecule has 1 fully saturated rings. The van der Waals surface area contributed by atoms with Crippen molar-refractivity contribution in [3.63, 3.8) is 0 Å². The van der Waals surface area contributed by atoms with Crippen molar-refractivity contribution >= 4 is 5.97 Å². The number of unbranched alkanes of at least 4 members (excludes halogenated alkanes) is 10. The van der Waals surface area contributed by atoms with Crippen LogP contribution in [-0.4, -0.2) is 58.9 Å². The Morgan fingerprint density at radius 2 is 1.54 bits per heavy atom. The molecule has 0 aliphatic carbocycles. The maximum absolute atomic E-state index is 11.7. The first-order valence-corrected chi connectivity index (χ1v) is 10.4. The summed E-state index contributed by atoms with van der Waals surface area (Å²) in [6.07, 6.45) is 9.65. The summed E-state index contributed by atoms with van der Waals surface area (Å²) in [6, 6.07) is 0. The lowest BCUT2D eigenvalue weighted by Crippen LogP contribution is -2.41. The van der Waals surface area contributed by atoms with Gasteiger partial charge in [-0.2, -0.15) is 0 Å². The molecule has 0 bridgehead atoms. The van der Waals surface area contributed by atoms with Crippen molar-refractivity contribution in [1.29, 1.82) is 0 Å². The number of rotatable bonds is 15. The van der Waals surface area contributed by atoms with Crippen molar-refractivity contribution in [3.05, 3.63) is 0 Å². The van der Waals surface area contributed by atoms with E-state index in [2.05, 4.69) is 6.92 Å². The normalized spacial score (nSPS) is 23.9. The highest BCUT2D eigenvalue weighted by Crippen LogP contribution is 2.18. The Balaban J connectivity index is 1.91. The molecule has 1 rings (SSSR count). The van der Waals surface area contributed by atoms with Crippen molar-refractivity contribution < 1.29 is 29.6 Å². The van der Waals surface area contributed by atoms with Crippen LogP contribution in [0.25, 0.3) is 0 Å². The van der Waals surface area contributed by atoms with E-state index in [9.17, 15) is 20.1 Å². The zero-order chi connectivity index (χ0) is 19.2. The molecule has 3 N–H and O–H groups in total. The third-order valence-electron chi connectivity index (χ3n) is 4.97. The maximum atomic E-state index is 11.7. The minimum atomic E-state index is -1.14. The molecule has 0 aromatic carbocycles. The van der Waals surface area contributed by atoms with Gasteiger partial charge in [0.25, 0.3) is 0 Å². The number of carbonyl (C=O) groups is 1. The topological polar surface area (TPSA) is 96.2 Å². The summed E-state index contributed by atoms with van der Waals surface area (Å²) >= 11 is 0. The summed E-state index contributed by atoms with van der Waals surface area (Å²) in [5, 5.41) is 28.9. The van der Waals surface area contributed by atoms with Crippen LogP contribution in [0.3, 0.4) is 0 Å². The van der Waals surface area contributed by atoms with E-state index < -0.39 is 24.4 Å². The molecule has 4 atom stereocenters. The summed E-state index contributed by atoms with van der Waals surface area (Å²) in [5.41, 5.74) is 0. The average Bonchev–Trinajstić information content (AvgIpc) is 2.96. The number of ether oxygens (including phenoxy) is 2. The molecule has 0 saturated carbocycles. The van der Waals surface area contributed by atoms with Crippen LogP contribution in [0.15, 0.2) is 0 Å². The molecule has 0 amide bonds. The van der Waals surface area contributed by atoms with Crippen LogP contribution in [0, 0.1) is 0 Å². The van der Waals surface area contributed by atoms with E-state index in [1.54, 1.807) is 0 Å². The number of hydrogen-bond donors (Lipinski definition) is 3. The number of aliphatic hydroxyl groups is 3. The molecule has 1 heterocycles. The molecule has 1 aliphatic heterocycles. The monoisotopic (exact) mass is 374 g/mol. The molecule has 0 unspecified atom stereocenters. The van der Waals surface area contributed by atoms with Gasteiger partial charge in [0, 0.05) is 6.42 Å². The summed E-state index contributed by atoms with van der Waals surface area (Å²) in [4.78, 5) is 11.7. The van der Waals surface area contributed by atoms with Gasteiger partial charge in [0.15, 0.2) is 0 Å². The van der Waals surface area contributed by atoms with Gasteiger partial charge in [-0.05, 0) is 6.42 Å². The van der Waals surface area contributed by atoms with E-state index in [1.165, 1.54) is 51.4 Å². The second-order valence-corrected chi connectivity index (χ2v) is 7.39. The first-order valence-electron chi connectivity index (χ1n) is 10.4. The van der Waals surface area contributed by atoms with E-state index in [4.69, 9.17) is 9.47 Å². The van der Waals surface area contributed by atoms with Crippen molar-refractivity contribution in [1.82, 2.24) is 0 Å². The van der Waals surface area contributed by atoms with Gasteiger partial charge in [-0.15, -0.1) is 0 Å². The lowest BCUT2D eigenvalue weighted by atomic mass is 10.1. The summed E-state index contributed by atoms with van der Waals surface area (Å²) in [6.45, 7) is 2.00. The Morgan fingerprint density at radius 1 is 1.00 bits per heavy atom. The Bertz CT molecular complexity index is 362. The van der Waals surface area contributed by atoms with Crippen LogP contribution >= 0.6 is 0 Å². The fourth-order valence-corrected chi connectivity index (χ4v) is 3.24. The lowest BCUT2D eigenvalue weighted by Gasteiger charge is -2.20. The van der Waals surface area contributed by atoms with Gasteiger partial charge in [-0.25, -0.2) is 0 Å². The van der Waals surface area contributed by atoms with Gasteiger partial charge >= 0.3 is 5.97 Å². The fraction of sp³-hybridized carbons (Fsp3) is 0.950. The molecule has 1 saturated heterocycles. The van der Waals surface area contributed by atoms with E-state index in [0.717, 1.165) is 19.3 Å². The maximum Gasteiger partial charge on any atom is 0.305 e. The van der Waals surface area contributed by atoms with Gasteiger partial charge in [0.2, 0.25) is 0 Å². The Hall–Kier alpha value is -0.690. The van der Waals surface area contributed by atoms with Crippen LogP contribution in [-0.2, 0) is 14.3 Å². The van der Waals surface area contributed by atoms with Gasteiger partial charge < -0.3 is 24.8 Å². The standard InChI is InChI=1S/C20H38O6/c1-2-3-4-5-6-7-8-9-10-11-12-13-18(23)25-15-17(22)20-19(24)16(21)14-26-20/h16-17,19-22,24H,2-15H2,1H3/t16-,17-,19-,20-/m1/s1. The van der Waals surface area contributed by atoms with Gasteiger partial charge in [0.1, 0.15) is 31.0 Å². The van der Waals surface area contributed by atoms with Crippen LogP contribution < -0.4 is 0 Å². The molecule has 0 spiro atoms. The molecule has 1 aliphatic rings. The van der Waals surface area contributed by atoms with E-state index >= 15 is 0 Å². The predicted molar refractivity (Wildman–Crippen MR) is 99.8 cm³/mol. The smallest absolute Gasteiger partial charge is 0.305 e. The lowest BCUT2D eigenvalue weighted by molar-refractivity contribution is -0.151. The van der Waals surface area contributed by atoms with Gasteiger partial charge in [-0.3, -0.25) is 4.79 Å². The minimum absolute atomic E-state index is 0.0183. The van der Waals surface area contributed by atoms with Crippen molar-refractivity contribution in [3.8, 4) is 0 Å². The molecule has 26 heavy (non-hydrogen) atoms. The minimum Gasteiger partial charge on any atom is -0.463 e. The fourth-order valence-electron chi connectivity index (χ4n) is 3.24. The van der Waals surface area contributed by atoms with Crippen molar-refractivity contribution in [2.75, 3.05) is 13.2 Å². The summed E-state index contributed by atoms with van der Waals surface area (Å²) in [7, 11) is 0. The molecule has 154 valence electrons. The van der Waals surface area contributed by atoms with E-state index in [-0.39, 0.29) is 19.2 Å². The average molecular weight is 375 g/mol. The molecule has 0 aromatic rings. The molecular formula is C20H38O6. The first kappa shape index (κ1) is 23.3. The number of carbonyl (C=O) groups excluding carboxylic acids is 1. The highest BCUT2D eigenvalue weighted by molar-refractivity contribution is 5.69. The van der Waals surface area contributed by atoms with Crippen molar-refractivity contribution in [2.45, 2.75) is 108 Å². The van der Waals surface area contributed by atoms with Crippen LogP contribution in [0.2, 0.25) is 0 Å². The van der Waals surface area contributed by atoms with Crippen LogP contribution in [0.4, 0.5) is 0 Å². The van der Waals surface area contributed by atoms with E-state index in [1.807, 2.05) is 0 Å². The third-order valence-corrected chi connectivity index (χ3v) is 4.97. The highest BCUT2D eigenvalue weighted by Gasteiger charge is 2.39. The SMILES string of the molecule is CCCCCCCCCCCCCC(=O)OC[C@@H](O)[C@H]1OC[C@@H](O)[C@H]1O. The number of aliphatic hydroxyl groups excluding tert-OH is 3. The predicted octanol–water partition coefficient (Wildman–Crippen LogP) is 2.71. The van der Waals surface area contributed by atoms with Crippen LogP contribution in [0.5, 0.6) is 0 Å². The molecule has 6 heteroatoms. The Kier molecular flexibility index (Phi) is 12.9. The first-order chi connectivity index (χ1) is 12.6. The summed E-state index contributed by atoms with van der Waals surface area (Å²) in [5.74, 6) is -0.340. The highest BCUT2D eigenvalue weighted by atomic mass is 16.6. The largest absolute Gasteiger partial charge is 0.463 e. The zero-order valence-corrected chi connectivity index (χ0v) is 16.3. The summed E-state index contributed by atoms with van der Waals surface area (Å²) < 4.78 is 10.1. The second kappa shape index (κ2) is 14.4. The molecule has 0 aromatic heterocycles. The molecular weight excluding hydrogens is 336 g/mol. The zero-order valence-electron chi connectivity index (χ0n) is 16.3. The Morgan fingerprint density at radius 3 is 2.04 bits per heavy atom. The quantitative estimate of drug-likeness (QED) is 0.301. The Labute approximate surface area is 157 Å². The van der Waals surface area contributed by atoms with Crippen LogP contribution in [0.1, 0.15) is 84.0 Å². The van der Waals surface area contributed by atoms with Crippen molar-refractivity contribution in [2.24, 2.45) is 0 Å². The number of esters is 1. The van der Waals surface area contributed by atoms with Gasteiger partial charge in [-0.1, -0.05) is 71.1 Å². The van der Waals surface area contributed by atoms with Gasteiger partial charge in [0.05, 0.1) is 6.61 Å². The third kappa shape index (κ3) is 9.86. The molecule has 0 radical (unpaired) electrons.